The van der Waals surface area contributed by atoms with E-state index in [0.29, 0.717) is 0 Å². The Kier molecular flexibility index (Phi) is 3.53. The molecule has 0 radical (unpaired) electrons. The summed E-state index contributed by atoms with van der Waals surface area (Å²) in [5.41, 5.74) is 2.88. The van der Waals surface area contributed by atoms with E-state index >= 15 is 0 Å². The van der Waals surface area contributed by atoms with Gasteiger partial charge in [0, 0.05) is 0 Å². The van der Waals surface area contributed by atoms with Crippen molar-refractivity contribution in [2.24, 2.45) is 0 Å². The van der Waals surface area contributed by atoms with Gasteiger partial charge >= 0.3 is 0 Å². The highest BCUT2D eigenvalue weighted by atomic mass is 31.1. The molecule has 0 aliphatic carbocycles. The van der Waals surface area contributed by atoms with Crippen LogP contribution in [0.1, 0.15) is 11.1 Å². The molecule has 0 N–H and O–H groups in total. The van der Waals surface area contributed by atoms with E-state index in [9.17, 15) is 0 Å². The fraction of sp³-hybridized carbons (Fsp3) is 0.143. The molecular formula is C14H15P. The smallest absolute Gasteiger partial charge is 0.00576 e. The minimum Gasteiger partial charge on any atom is -0.0859 e. The van der Waals surface area contributed by atoms with Gasteiger partial charge in [0.25, 0.3) is 0 Å². The summed E-state index contributed by atoms with van der Waals surface area (Å²) in [5.74, 6) is 0. The number of rotatable bonds is 3. The van der Waals surface area contributed by atoms with Crippen LogP contribution in [0.2, 0.25) is 0 Å². The summed E-state index contributed by atoms with van der Waals surface area (Å²) in [6.45, 7) is 2.19. The zero-order valence-electron chi connectivity index (χ0n) is 8.90. The highest BCUT2D eigenvalue weighted by molar-refractivity contribution is 7.46. The van der Waals surface area contributed by atoms with Crippen molar-refractivity contribution in [1.29, 1.82) is 0 Å². The second-order valence-electron chi connectivity index (χ2n) is 3.65. The van der Waals surface area contributed by atoms with Gasteiger partial charge in [-0.25, -0.2) is 0 Å². The Labute approximate surface area is 93.1 Å². The number of aryl methyl sites for hydroxylation is 1. The van der Waals surface area contributed by atoms with Gasteiger partial charge in [-0.2, -0.15) is 0 Å². The summed E-state index contributed by atoms with van der Waals surface area (Å²) in [5, 5.41) is 1.45. The standard InChI is InChI=1S/C14H15P/c1-12-7-5-6-8-13(12)11-15-14-9-3-2-4-10-14/h2-10,15H,11H2,1H3. The lowest BCUT2D eigenvalue weighted by atomic mass is 10.1. The molecule has 0 bridgehead atoms. The van der Waals surface area contributed by atoms with Gasteiger partial charge in [-0.1, -0.05) is 63.2 Å². The van der Waals surface area contributed by atoms with Crippen molar-refractivity contribution in [3.05, 3.63) is 65.7 Å². The van der Waals surface area contributed by atoms with Crippen molar-refractivity contribution in [3.63, 3.8) is 0 Å². The first kappa shape index (κ1) is 10.4. The van der Waals surface area contributed by atoms with Gasteiger partial charge in [0.1, 0.15) is 0 Å². The van der Waals surface area contributed by atoms with Crippen molar-refractivity contribution in [3.8, 4) is 0 Å². The molecule has 76 valence electrons. The molecule has 0 nitrogen and oxygen atoms in total. The lowest BCUT2D eigenvalue weighted by Gasteiger charge is -2.05. The van der Waals surface area contributed by atoms with Crippen LogP contribution < -0.4 is 5.30 Å². The van der Waals surface area contributed by atoms with Gasteiger partial charge in [0.05, 0.1) is 0 Å². The molecule has 1 unspecified atom stereocenters. The van der Waals surface area contributed by atoms with Gasteiger partial charge in [-0.05, 0) is 29.5 Å². The van der Waals surface area contributed by atoms with Crippen LogP contribution >= 0.6 is 8.58 Å². The SMILES string of the molecule is Cc1ccccc1CPc1ccccc1. The van der Waals surface area contributed by atoms with Crippen molar-refractivity contribution in [2.45, 2.75) is 13.1 Å². The van der Waals surface area contributed by atoms with Gasteiger partial charge in [0.15, 0.2) is 0 Å². The molecule has 1 atom stereocenters. The molecular weight excluding hydrogens is 199 g/mol. The molecule has 1 heteroatoms. The van der Waals surface area contributed by atoms with Gasteiger partial charge in [-0.3, -0.25) is 0 Å². The first-order chi connectivity index (χ1) is 7.36. The zero-order chi connectivity index (χ0) is 10.5. The van der Waals surface area contributed by atoms with Crippen LogP contribution in [0.3, 0.4) is 0 Å². The average molecular weight is 214 g/mol. The predicted octanol–water partition coefficient (Wildman–Crippen LogP) is 3.50. The van der Waals surface area contributed by atoms with E-state index in [4.69, 9.17) is 0 Å². The number of benzene rings is 2. The minimum atomic E-state index is 0.878. The normalized spacial score (nSPS) is 11.0. The van der Waals surface area contributed by atoms with E-state index in [0.717, 1.165) is 14.7 Å². The van der Waals surface area contributed by atoms with E-state index in [1.807, 2.05) is 0 Å². The molecule has 0 spiro atoms. The highest BCUT2D eigenvalue weighted by Crippen LogP contribution is 2.20. The van der Waals surface area contributed by atoms with Crippen molar-refractivity contribution >= 4 is 13.9 Å². The largest absolute Gasteiger partial charge is 0.0859 e. The summed E-state index contributed by atoms with van der Waals surface area (Å²) in [4.78, 5) is 0. The third-order valence-corrected chi connectivity index (χ3v) is 3.82. The Bertz CT molecular complexity index is 420. The average Bonchev–Trinajstić information content (AvgIpc) is 2.29. The Morgan fingerprint density at radius 2 is 1.53 bits per heavy atom. The Morgan fingerprint density at radius 3 is 2.27 bits per heavy atom. The maximum absolute atomic E-state index is 2.23. The molecule has 2 aromatic rings. The zero-order valence-corrected chi connectivity index (χ0v) is 9.90. The van der Waals surface area contributed by atoms with Crippen molar-refractivity contribution in [2.75, 3.05) is 0 Å². The highest BCUT2D eigenvalue weighted by Gasteiger charge is 1.97. The van der Waals surface area contributed by atoms with Crippen LogP contribution in [0.15, 0.2) is 54.6 Å². The Balaban J connectivity index is 2.03. The predicted molar refractivity (Wildman–Crippen MR) is 69.3 cm³/mol. The lowest BCUT2D eigenvalue weighted by Crippen LogP contribution is -1.93. The third-order valence-electron chi connectivity index (χ3n) is 2.52. The molecule has 0 aliphatic heterocycles. The summed E-state index contributed by atoms with van der Waals surface area (Å²) in [6.07, 6.45) is 1.16. The van der Waals surface area contributed by atoms with E-state index in [1.165, 1.54) is 16.4 Å². The maximum atomic E-state index is 2.23. The first-order valence-electron chi connectivity index (χ1n) is 5.20. The molecule has 0 saturated heterocycles. The van der Waals surface area contributed by atoms with Gasteiger partial charge in [-0.15, -0.1) is 0 Å². The monoisotopic (exact) mass is 214 g/mol. The van der Waals surface area contributed by atoms with E-state index in [-0.39, 0.29) is 0 Å². The molecule has 0 amide bonds. The number of hydrogen-bond donors (Lipinski definition) is 0. The Morgan fingerprint density at radius 1 is 0.867 bits per heavy atom. The number of hydrogen-bond acceptors (Lipinski definition) is 0. The fourth-order valence-corrected chi connectivity index (χ4v) is 2.78. The fourth-order valence-electron chi connectivity index (χ4n) is 1.56. The van der Waals surface area contributed by atoms with E-state index in [1.54, 1.807) is 0 Å². The van der Waals surface area contributed by atoms with E-state index < -0.39 is 0 Å². The maximum Gasteiger partial charge on any atom is -0.00576 e. The van der Waals surface area contributed by atoms with Crippen LogP contribution in [0, 0.1) is 6.92 Å². The summed E-state index contributed by atoms with van der Waals surface area (Å²) in [7, 11) is 0.878. The van der Waals surface area contributed by atoms with Crippen LogP contribution in [0.25, 0.3) is 0 Å². The van der Waals surface area contributed by atoms with Crippen LogP contribution in [0.4, 0.5) is 0 Å². The molecule has 0 saturated carbocycles. The second-order valence-corrected chi connectivity index (χ2v) is 4.93. The first-order valence-corrected chi connectivity index (χ1v) is 6.40. The molecule has 0 aliphatic rings. The lowest BCUT2D eigenvalue weighted by molar-refractivity contribution is 1.31. The molecule has 0 fully saturated rings. The van der Waals surface area contributed by atoms with Crippen LogP contribution in [-0.2, 0) is 6.16 Å². The summed E-state index contributed by atoms with van der Waals surface area (Å²) >= 11 is 0. The molecule has 2 aromatic carbocycles. The second kappa shape index (κ2) is 5.09. The summed E-state index contributed by atoms with van der Waals surface area (Å²) in [6, 6.07) is 19.3. The summed E-state index contributed by atoms with van der Waals surface area (Å²) < 4.78 is 0. The van der Waals surface area contributed by atoms with Gasteiger partial charge in [0.2, 0.25) is 0 Å². The van der Waals surface area contributed by atoms with Crippen molar-refractivity contribution < 1.29 is 0 Å². The molecule has 15 heavy (non-hydrogen) atoms. The third kappa shape index (κ3) is 2.91. The minimum absolute atomic E-state index is 0.878. The quantitative estimate of drug-likeness (QED) is 0.686. The van der Waals surface area contributed by atoms with Crippen LogP contribution in [-0.4, -0.2) is 0 Å². The van der Waals surface area contributed by atoms with Crippen molar-refractivity contribution in [1.82, 2.24) is 0 Å². The van der Waals surface area contributed by atoms with E-state index in [2.05, 4.69) is 61.5 Å². The van der Waals surface area contributed by atoms with Gasteiger partial charge < -0.3 is 0 Å². The van der Waals surface area contributed by atoms with Crippen LogP contribution in [0.5, 0.6) is 0 Å². The Hall–Kier alpha value is -1.13. The topological polar surface area (TPSA) is 0 Å². The molecule has 0 aromatic heterocycles. The molecule has 0 heterocycles. The molecule has 2 rings (SSSR count).